The van der Waals surface area contributed by atoms with Crippen LogP contribution in [0, 0.1) is 0 Å². The summed E-state index contributed by atoms with van der Waals surface area (Å²) in [5.74, 6) is 5.16. The van der Waals surface area contributed by atoms with Gasteiger partial charge in [0.2, 0.25) is 0 Å². The molecule has 0 spiro atoms. The zero-order valence-corrected chi connectivity index (χ0v) is 5.65. The number of hydrogen-bond acceptors (Lipinski definition) is 4. The summed E-state index contributed by atoms with van der Waals surface area (Å²) in [6, 6.07) is 0. The van der Waals surface area contributed by atoms with E-state index in [9.17, 15) is 0 Å². The molecule has 4 heteroatoms. The Hall–Kier alpha value is -0.160. The van der Waals surface area contributed by atoms with Crippen molar-refractivity contribution in [3.8, 4) is 0 Å². The van der Waals surface area contributed by atoms with Crippen LogP contribution in [0.5, 0.6) is 0 Å². The lowest BCUT2D eigenvalue weighted by atomic mass is 9.70. The van der Waals surface area contributed by atoms with E-state index in [4.69, 9.17) is 17.3 Å². The second-order valence-electron chi connectivity index (χ2n) is 3.31. The lowest BCUT2D eigenvalue weighted by molar-refractivity contribution is 0.0925. The quantitative estimate of drug-likeness (QED) is 0.200. The number of nitrogens with one attached hydrogen (secondary N) is 1. The van der Waals surface area contributed by atoms with Gasteiger partial charge in [0.05, 0.1) is 5.66 Å². The first-order valence-corrected chi connectivity index (χ1v) is 3.03. The van der Waals surface area contributed by atoms with E-state index in [1.54, 1.807) is 0 Å². The number of hydrogen-bond donors (Lipinski definition) is 4. The standard InChI is InChI=1S/C5H14N4/c1-4(6)2-5(7,3-4)9-8/h9H,2-3,6-8H2,1H3. The smallest absolute Gasteiger partial charge is 0.0824 e. The molecule has 54 valence electrons. The van der Waals surface area contributed by atoms with Crippen LogP contribution in [0.15, 0.2) is 0 Å². The van der Waals surface area contributed by atoms with E-state index < -0.39 is 5.66 Å². The van der Waals surface area contributed by atoms with Crippen molar-refractivity contribution in [1.82, 2.24) is 5.43 Å². The normalized spacial score (nSPS) is 50.7. The Morgan fingerprint density at radius 2 is 1.78 bits per heavy atom. The van der Waals surface area contributed by atoms with Gasteiger partial charge in [-0.25, -0.2) is 5.43 Å². The fourth-order valence-corrected chi connectivity index (χ4v) is 1.49. The Morgan fingerprint density at radius 1 is 1.33 bits per heavy atom. The number of nitrogens with two attached hydrogens (primary N) is 3. The highest BCUT2D eigenvalue weighted by molar-refractivity contribution is 5.06. The fraction of sp³-hybridized carbons (Fsp3) is 1.00. The first-order valence-electron chi connectivity index (χ1n) is 3.03. The lowest BCUT2D eigenvalue weighted by Crippen LogP contribution is -2.73. The molecule has 0 heterocycles. The van der Waals surface area contributed by atoms with Crippen molar-refractivity contribution in [2.24, 2.45) is 17.3 Å². The summed E-state index contributed by atoms with van der Waals surface area (Å²) >= 11 is 0. The Labute approximate surface area is 54.7 Å². The maximum atomic E-state index is 5.70. The van der Waals surface area contributed by atoms with Crippen molar-refractivity contribution in [2.75, 3.05) is 0 Å². The zero-order chi connectivity index (χ0) is 7.12. The van der Waals surface area contributed by atoms with Gasteiger partial charge in [-0.3, -0.25) is 5.84 Å². The van der Waals surface area contributed by atoms with E-state index >= 15 is 0 Å². The maximum Gasteiger partial charge on any atom is 0.0824 e. The minimum atomic E-state index is -0.399. The van der Waals surface area contributed by atoms with Crippen LogP contribution in [0.4, 0.5) is 0 Å². The fourth-order valence-electron chi connectivity index (χ4n) is 1.49. The van der Waals surface area contributed by atoms with Crippen LogP contribution in [0.3, 0.4) is 0 Å². The van der Waals surface area contributed by atoms with Crippen LogP contribution in [0.2, 0.25) is 0 Å². The van der Waals surface area contributed by atoms with Gasteiger partial charge in [-0.05, 0) is 19.8 Å². The largest absolute Gasteiger partial charge is 0.325 e. The third-order valence-corrected chi connectivity index (χ3v) is 1.73. The Kier molecular flexibility index (Phi) is 1.29. The van der Waals surface area contributed by atoms with Gasteiger partial charge in [0.1, 0.15) is 0 Å². The van der Waals surface area contributed by atoms with Crippen molar-refractivity contribution in [2.45, 2.75) is 31.0 Å². The molecule has 0 amide bonds. The van der Waals surface area contributed by atoms with E-state index in [-0.39, 0.29) is 5.54 Å². The molecule has 0 bridgehead atoms. The van der Waals surface area contributed by atoms with E-state index in [1.807, 2.05) is 6.92 Å². The van der Waals surface area contributed by atoms with Crippen molar-refractivity contribution in [3.63, 3.8) is 0 Å². The van der Waals surface area contributed by atoms with Gasteiger partial charge in [-0.2, -0.15) is 0 Å². The van der Waals surface area contributed by atoms with Gasteiger partial charge < -0.3 is 11.5 Å². The molecule has 1 saturated carbocycles. The first kappa shape index (κ1) is 6.95. The summed E-state index contributed by atoms with van der Waals surface area (Å²) in [7, 11) is 0. The average Bonchev–Trinajstić information content (AvgIpc) is 1.61. The van der Waals surface area contributed by atoms with Crippen LogP contribution in [0.25, 0.3) is 0 Å². The summed E-state index contributed by atoms with van der Waals surface area (Å²) in [6.45, 7) is 1.97. The topological polar surface area (TPSA) is 90.1 Å². The molecule has 0 aromatic heterocycles. The average molecular weight is 130 g/mol. The van der Waals surface area contributed by atoms with Gasteiger partial charge in [0.15, 0.2) is 0 Å². The third-order valence-electron chi connectivity index (χ3n) is 1.73. The van der Waals surface area contributed by atoms with Crippen molar-refractivity contribution in [1.29, 1.82) is 0 Å². The minimum absolute atomic E-state index is 0.110. The van der Waals surface area contributed by atoms with Gasteiger partial charge in [0.25, 0.3) is 0 Å². The molecule has 1 rings (SSSR count). The molecule has 0 saturated heterocycles. The summed E-state index contributed by atoms with van der Waals surface area (Å²) < 4.78 is 0. The van der Waals surface area contributed by atoms with Crippen molar-refractivity contribution < 1.29 is 0 Å². The predicted octanol–water partition coefficient (Wildman–Crippen LogP) is -1.38. The van der Waals surface area contributed by atoms with E-state index in [1.165, 1.54) is 0 Å². The van der Waals surface area contributed by atoms with E-state index in [2.05, 4.69) is 5.43 Å². The third kappa shape index (κ3) is 1.21. The molecule has 0 aromatic carbocycles. The molecule has 0 radical (unpaired) electrons. The molecule has 0 unspecified atom stereocenters. The molecule has 1 fully saturated rings. The summed E-state index contributed by atoms with van der Waals surface area (Å²) in [5, 5.41) is 0. The van der Waals surface area contributed by atoms with Gasteiger partial charge in [-0.1, -0.05) is 0 Å². The molecule has 1 aliphatic carbocycles. The van der Waals surface area contributed by atoms with Crippen LogP contribution in [0.1, 0.15) is 19.8 Å². The summed E-state index contributed by atoms with van der Waals surface area (Å²) in [6.07, 6.45) is 1.49. The number of hydrazine groups is 1. The second kappa shape index (κ2) is 1.67. The Balaban J connectivity index is 2.41. The summed E-state index contributed by atoms with van der Waals surface area (Å²) in [5.41, 5.74) is 13.4. The highest BCUT2D eigenvalue weighted by Gasteiger charge is 2.46. The molecular weight excluding hydrogens is 116 g/mol. The van der Waals surface area contributed by atoms with E-state index in [0.717, 1.165) is 12.8 Å². The second-order valence-corrected chi connectivity index (χ2v) is 3.31. The van der Waals surface area contributed by atoms with Crippen molar-refractivity contribution >= 4 is 0 Å². The molecule has 0 aliphatic heterocycles. The Bertz CT molecular complexity index is 112. The van der Waals surface area contributed by atoms with Gasteiger partial charge >= 0.3 is 0 Å². The maximum absolute atomic E-state index is 5.70. The molecule has 7 N–H and O–H groups in total. The lowest BCUT2D eigenvalue weighted by Gasteiger charge is -2.49. The zero-order valence-electron chi connectivity index (χ0n) is 5.65. The van der Waals surface area contributed by atoms with Crippen LogP contribution >= 0.6 is 0 Å². The van der Waals surface area contributed by atoms with Crippen LogP contribution < -0.4 is 22.7 Å². The van der Waals surface area contributed by atoms with Gasteiger partial charge in [-0.15, -0.1) is 0 Å². The highest BCUT2D eigenvalue weighted by atomic mass is 15.3. The Morgan fingerprint density at radius 3 is 1.89 bits per heavy atom. The van der Waals surface area contributed by atoms with Crippen molar-refractivity contribution in [3.05, 3.63) is 0 Å². The number of rotatable bonds is 1. The van der Waals surface area contributed by atoms with E-state index in [0.29, 0.717) is 0 Å². The molecule has 0 atom stereocenters. The molecule has 0 aromatic rings. The van der Waals surface area contributed by atoms with Crippen LogP contribution in [-0.2, 0) is 0 Å². The molecule has 9 heavy (non-hydrogen) atoms. The predicted molar refractivity (Wildman–Crippen MR) is 36.1 cm³/mol. The monoisotopic (exact) mass is 130 g/mol. The molecular formula is C5H14N4. The highest BCUT2D eigenvalue weighted by Crippen LogP contribution is 2.34. The minimum Gasteiger partial charge on any atom is -0.325 e. The molecule has 1 aliphatic rings. The summed E-state index contributed by atoms with van der Waals surface area (Å²) in [4.78, 5) is 0. The van der Waals surface area contributed by atoms with Gasteiger partial charge in [0, 0.05) is 5.54 Å². The van der Waals surface area contributed by atoms with Crippen LogP contribution in [-0.4, -0.2) is 11.2 Å². The first-order chi connectivity index (χ1) is 3.97. The molecule has 4 nitrogen and oxygen atoms in total. The SMILES string of the molecule is CC1(N)CC(N)(NN)C1.